The Balaban J connectivity index is 2.21. The highest BCUT2D eigenvalue weighted by atomic mass is 16.5. The van der Waals surface area contributed by atoms with E-state index in [0.29, 0.717) is 0 Å². The molecule has 0 saturated carbocycles. The van der Waals surface area contributed by atoms with Gasteiger partial charge in [-0.05, 0) is 25.1 Å². The van der Waals surface area contributed by atoms with Gasteiger partial charge in [0, 0.05) is 33.3 Å². The van der Waals surface area contributed by atoms with Crippen molar-refractivity contribution in [2.24, 2.45) is 0 Å². The van der Waals surface area contributed by atoms with E-state index in [1.807, 2.05) is 0 Å². The van der Waals surface area contributed by atoms with Crippen molar-refractivity contribution in [3.8, 4) is 0 Å². The first-order valence-corrected chi connectivity index (χ1v) is 6.16. The molecular formula is C14H24N2O. The lowest BCUT2D eigenvalue weighted by Gasteiger charge is -2.18. The number of ether oxygens (including phenoxy) is 1. The summed E-state index contributed by atoms with van der Waals surface area (Å²) in [6, 6.07) is 8.56. The molecule has 0 fully saturated rings. The monoisotopic (exact) mass is 236 g/mol. The highest BCUT2D eigenvalue weighted by Crippen LogP contribution is 2.08. The van der Waals surface area contributed by atoms with Gasteiger partial charge in [0.2, 0.25) is 0 Å². The van der Waals surface area contributed by atoms with Crippen LogP contribution in [0, 0.1) is 6.92 Å². The Kier molecular flexibility index (Phi) is 6.86. The smallest absolute Gasteiger partial charge is 0.0587 e. The van der Waals surface area contributed by atoms with Crippen LogP contribution in [0.2, 0.25) is 0 Å². The maximum Gasteiger partial charge on any atom is 0.0587 e. The van der Waals surface area contributed by atoms with Gasteiger partial charge in [0.1, 0.15) is 0 Å². The number of likely N-dealkylation sites (N-methyl/N-ethyl adjacent to an activating group) is 1. The van der Waals surface area contributed by atoms with Crippen molar-refractivity contribution in [1.82, 2.24) is 10.2 Å². The third-order valence-electron chi connectivity index (χ3n) is 2.85. The van der Waals surface area contributed by atoms with Crippen molar-refractivity contribution >= 4 is 0 Å². The van der Waals surface area contributed by atoms with Crippen molar-refractivity contribution in [3.05, 3.63) is 35.4 Å². The molecule has 0 atom stereocenters. The molecule has 0 saturated heterocycles. The molecule has 96 valence electrons. The first-order valence-electron chi connectivity index (χ1n) is 6.16. The minimum absolute atomic E-state index is 0.779. The van der Waals surface area contributed by atoms with E-state index in [2.05, 4.69) is 48.5 Å². The molecule has 0 amide bonds. The van der Waals surface area contributed by atoms with E-state index in [4.69, 9.17) is 4.74 Å². The number of hydrogen-bond acceptors (Lipinski definition) is 3. The van der Waals surface area contributed by atoms with Crippen LogP contribution in [-0.4, -0.2) is 45.3 Å². The Morgan fingerprint density at radius 3 is 2.71 bits per heavy atom. The second-order valence-electron chi connectivity index (χ2n) is 4.41. The predicted molar refractivity (Wildman–Crippen MR) is 72.3 cm³/mol. The van der Waals surface area contributed by atoms with Crippen LogP contribution in [0.25, 0.3) is 0 Å². The molecule has 0 aromatic heterocycles. The van der Waals surface area contributed by atoms with E-state index in [9.17, 15) is 0 Å². The van der Waals surface area contributed by atoms with Crippen molar-refractivity contribution in [2.75, 3.05) is 40.4 Å². The van der Waals surface area contributed by atoms with Crippen LogP contribution in [0.1, 0.15) is 11.1 Å². The highest BCUT2D eigenvalue weighted by Gasteiger charge is 2.01. The predicted octanol–water partition coefficient (Wildman–Crippen LogP) is 1.66. The fraction of sp³-hybridized carbons (Fsp3) is 0.571. The van der Waals surface area contributed by atoms with Gasteiger partial charge >= 0.3 is 0 Å². The average molecular weight is 236 g/mol. The summed E-state index contributed by atoms with van der Waals surface area (Å²) < 4.78 is 4.98. The van der Waals surface area contributed by atoms with Crippen molar-refractivity contribution < 1.29 is 4.74 Å². The van der Waals surface area contributed by atoms with Crippen LogP contribution in [0.4, 0.5) is 0 Å². The Bertz CT molecular complexity index is 315. The first-order chi connectivity index (χ1) is 8.24. The van der Waals surface area contributed by atoms with Gasteiger partial charge in [-0.15, -0.1) is 0 Å². The summed E-state index contributed by atoms with van der Waals surface area (Å²) in [4.78, 5) is 2.34. The molecule has 0 aliphatic carbocycles. The summed E-state index contributed by atoms with van der Waals surface area (Å²) in [7, 11) is 3.89. The van der Waals surface area contributed by atoms with Crippen molar-refractivity contribution in [1.29, 1.82) is 0 Å². The Morgan fingerprint density at radius 1 is 1.24 bits per heavy atom. The zero-order valence-electron chi connectivity index (χ0n) is 11.2. The van der Waals surface area contributed by atoms with Gasteiger partial charge in [-0.1, -0.05) is 24.3 Å². The maximum absolute atomic E-state index is 4.98. The number of aryl methyl sites for hydroxylation is 1. The molecule has 0 aliphatic rings. The highest BCUT2D eigenvalue weighted by molar-refractivity contribution is 5.25. The van der Waals surface area contributed by atoms with Gasteiger partial charge < -0.3 is 15.0 Å². The molecule has 0 unspecified atom stereocenters. The van der Waals surface area contributed by atoms with Crippen LogP contribution < -0.4 is 5.32 Å². The Hall–Kier alpha value is -0.900. The number of hydrogen-bond donors (Lipinski definition) is 1. The fourth-order valence-electron chi connectivity index (χ4n) is 1.73. The summed E-state index contributed by atoms with van der Waals surface area (Å²) in [6.45, 7) is 6.94. The Labute approximate surface area is 105 Å². The maximum atomic E-state index is 4.98. The molecule has 3 heteroatoms. The first kappa shape index (κ1) is 14.2. The minimum atomic E-state index is 0.779. The van der Waals surface area contributed by atoms with Crippen LogP contribution >= 0.6 is 0 Å². The molecule has 0 spiro atoms. The van der Waals surface area contributed by atoms with E-state index in [1.54, 1.807) is 7.11 Å². The molecule has 1 aromatic rings. The second kappa shape index (κ2) is 8.23. The molecule has 0 aliphatic heterocycles. The average Bonchev–Trinajstić information content (AvgIpc) is 2.32. The standard InChI is InChI=1S/C14H24N2O/c1-13-6-4-5-7-14(13)12-16(2)10-8-15-9-11-17-3/h4-7,15H,8-12H2,1-3H3. The van der Waals surface area contributed by atoms with Gasteiger partial charge in [-0.3, -0.25) is 0 Å². The van der Waals surface area contributed by atoms with Crippen LogP contribution in [0.5, 0.6) is 0 Å². The lowest BCUT2D eigenvalue weighted by molar-refractivity contribution is 0.197. The van der Waals surface area contributed by atoms with Crippen molar-refractivity contribution in [3.63, 3.8) is 0 Å². The molecule has 17 heavy (non-hydrogen) atoms. The number of benzene rings is 1. The van der Waals surface area contributed by atoms with E-state index in [1.165, 1.54) is 11.1 Å². The molecule has 0 bridgehead atoms. The van der Waals surface area contributed by atoms with Gasteiger partial charge in [-0.2, -0.15) is 0 Å². The van der Waals surface area contributed by atoms with Gasteiger partial charge in [0.15, 0.2) is 0 Å². The van der Waals surface area contributed by atoms with Crippen LogP contribution in [-0.2, 0) is 11.3 Å². The van der Waals surface area contributed by atoms with Crippen LogP contribution in [0.15, 0.2) is 24.3 Å². The molecule has 0 heterocycles. The van der Waals surface area contributed by atoms with Crippen LogP contribution in [0.3, 0.4) is 0 Å². The van der Waals surface area contributed by atoms with Crippen molar-refractivity contribution in [2.45, 2.75) is 13.5 Å². The third kappa shape index (κ3) is 5.82. The normalized spacial score (nSPS) is 11.1. The summed E-state index contributed by atoms with van der Waals surface area (Å²) in [5.41, 5.74) is 2.78. The molecule has 1 aromatic carbocycles. The summed E-state index contributed by atoms with van der Waals surface area (Å²) >= 11 is 0. The molecular weight excluding hydrogens is 212 g/mol. The zero-order valence-corrected chi connectivity index (χ0v) is 11.2. The third-order valence-corrected chi connectivity index (χ3v) is 2.85. The quantitative estimate of drug-likeness (QED) is 0.695. The number of rotatable bonds is 8. The topological polar surface area (TPSA) is 24.5 Å². The summed E-state index contributed by atoms with van der Waals surface area (Å²) in [6.07, 6.45) is 0. The SMILES string of the molecule is COCCNCCN(C)Cc1ccccc1C. The van der Waals surface area contributed by atoms with E-state index < -0.39 is 0 Å². The number of nitrogens with zero attached hydrogens (tertiary/aromatic N) is 1. The Morgan fingerprint density at radius 2 is 2.00 bits per heavy atom. The van der Waals surface area contributed by atoms with Gasteiger partial charge in [0.05, 0.1) is 6.61 Å². The largest absolute Gasteiger partial charge is 0.383 e. The summed E-state index contributed by atoms with van der Waals surface area (Å²) in [5.74, 6) is 0. The molecule has 1 rings (SSSR count). The van der Waals surface area contributed by atoms with Gasteiger partial charge in [0.25, 0.3) is 0 Å². The van der Waals surface area contributed by atoms with E-state index in [0.717, 1.165) is 32.8 Å². The number of nitrogens with one attached hydrogen (secondary N) is 1. The second-order valence-corrected chi connectivity index (χ2v) is 4.41. The van der Waals surface area contributed by atoms with E-state index in [-0.39, 0.29) is 0 Å². The molecule has 0 radical (unpaired) electrons. The molecule has 1 N–H and O–H groups in total. The lowest BCUT2D eigenvalue weighted by atomic mass is 10.1. The lowest BCUT2D eigenvalue weighted by Crippen LogP contribution is -2.30. The summed E-state index contributed by atoms with van der Waals surface area (Å²) in [5, 5.41) is 3.35. The van der Waals surface area contributed by atoms with Gasteiger partial charge in [-0.25, -0.2) is 0 Å². The molecule has 3 nitrogen and oxygen atoms in total. The van der Waals surface area contributed by atoms with E-state index >= 15 is 0 Å². The minimum Gasteiger partial charge on any atom is -0.383 e. The zero-order chi connectivity index (χ0) is 12.5. The number of methoxy groups -OCH3 is 1. The fourth-order valence-corrected chi connectivity index (χ4v) is 1.73.